The Kier molecular flexibility index (Phi) is 6.65. The number of hydrogen-bond acceptors (Lipinski definition) is 3. The molecule has 0 atom stereocenters. The predicted octanol–water partition coefficient (Wildman–Crippen LogP) is 2.82. The van der Waals surface area contributed by atoms with Gasteiger partial charge in [0.15, 0.2) is 0 Å². The minimum Gasteiger partial charge on any atom is -0.383 e. The Morgan fingerprint density at radius 2 is 1.70 bits per heavy atom. The summed E-state index contributed by atoms with van der Waals surface area (Å²) in [5.41, 5.74) is 1.05. The molecule has 0 N–H and O–H groups in total. The predicted molar refractivity (Wildman–Crippen MR) is 81.3 cm³/mol. The number of hydrogen-bond donors (Lipinski definition) is 0. The average molecular weight is 299 g/mol. The van der Waals surface area contributed by atoms with Crippen molar-refractivity contribution in [1.29, 1.82) is 0 Å². The van der Waals surface area contributed by atoms with Crippen LogP contribution in [0.25, 0.3) is 0 Å². The zero-order valence-electron chi connectivity index (χ0n) is 12.8. The molecule has 0 saturated carbocycles. The van der Waals surface area contributed by atoms with Gasteiger partial charge in [-0.2, -0.15) is 4.31 Å². The summed E-state index contributed by atoms with van der Waals surface area (Å²) in [5, 5.41) is 0. The van der Waals surface area contributed by atoms with Gasteiger partial charge < -0.3 is 4.74 Å². The number of benzene rings is 1. The van der Waals surface area contributed by atoms with Gasteiger partial charge in [-0.15, -0.1) is 0 Å². The molecule has 0 spiro atoms. The maximum Gasteiger partial charge on any atom is 0.243 e. The zero-order chi connectivity index (χ0) is 15.2. The summed E-state index contributed by atoms with van der Waals surface area (Å²) in [4.78, 5) is 0.353. The Balaban J connectivity index is 3.12. The van der Waals surface area contributed by atoms with Crippen LogP contribution >= 0.6 is 0 Å². The lowest BCUT2D eigenvalue weighted by Gasteiger charge is -2.29. The summed E-state index contributed by atoms with van der Waals surface area (Å²) in [6.07, 6.45) is 1.59. The Hall–Kier alpha value is -0.910. The quantitative estimate of drug-likeness (QED) is 0.741. The number of methoxy groups -OCH3 is 1. The third-order valence-electron chi connectivity index (χ3n) is 3.49. The van der Waals surface area contributed by atoms with Crippen LogP contribution in [0.2, 0.25) is 0 Å². The van der Waals surface area contributed by atoms with E-state index in [2.05, 4.69) is 0 Å². The topological polar surface area (TPSA) is 46.6 Å². The molecule has 0 radical (unpaired) electrons. The van der Waals surface area contributed by atoms with Crippen molar-refractivity contribution >= 4 is 10.0 Å². The summed E-state index contributed by atoms with van der Waals surface area (Å²) in [7, 11) is -1.87. The molecule has 1 aromatic carbocycles. The van der Waals surface area contributed by atoms with Gasteiger partial charge in [-0.05, 0) is 31.9 Å². The smallest absolute Gasteiger partial charge is 0.243 e. The maximum atomic E-state index is 12.8. The van der Waals surface area contributed by atoms with Crippen LogP contribution in [0.1, 0.15) is 32.3 Å². The van der Waals surface area contributed by atoms with Gasteiger partial charge in [0, 0.05) is 19.7 Å². The van der Waals surface area contributed by atoms with Gasteiger partial charge in [0.2, 0.25) is 10.0 Å². The fourth-order valence-electron chi connectivity index (χ4n) is 2.22. The summed E-state index contributed by atoms with van der Waals surface area (Å²) in [5.74, 6) is 0. The molecule has 1 rings (SSSR count). The van der Waals surface area contributed by atoms with E-state index in [1.807, 2.05) is 32.9 Å². The molecule has 0 amide bonds. The lowest BCUT2D eigenvalue weighted by molar-refractivity contribution is 0.163. The second kappa shape index (κ2) is 7.76. The molecule has 0 aliphatic heterocycles. The first-order valence-corrected chi connectivity index (χ1v) is 8.48. The van der Waals surface area contributed by atoms with Gasteiger partial charge in [-0.3, -0.25) is 0 Å². The van der Waals surface area contributed by atoms with E-state index in [1.165, 1.54) is 0 Å². The van der Waals surface area contributed by atoms with E-state index in [0.717, 1.165) is 18.4 Å². The summed E-state index contributed by atoms with van der Waals surface area (Å²) in [6.45, 7) is 6.76. The Labute approximate surface area is 122 Å². The van der Waals surface area contributed by atoms with Gasteiger partial charge in [0.05, 0.1) is 11.5 Å². The molecule has 0 aromatic heterocycles. The molecule has 0 heterocycles. The van der Waals surface area contributed by atoms with Crippen LogP contribution in [-0.2, 0) is 14.8 Å². The van der Waals surface area contributed by atoms with E-state index >= 15 is 0 Å². The van der Waals surface area contributed by atoms with Gasteiger partial charge in [-0.25, -0.2) is 8.42 Å². The van der Waals surface area contributed by atoms with E-state index < -0.39 is 10.0 Å². The van der Waals surface area contributed by atoms with Crippen molar-refractivity contribution in [3.63, 3.8) is 0 Å². The van der Waals surface area contributed by atoms with Crippen molar-refractivity contribution in [3.8, 4) is 0 Å². The number of rotatable bonds is 8. The lowest BCUT2D eigenvalue weighted by Crippen LogP contribution is -2.41. The molecule has 0 aliphatic rings. The van der Waals surface area contributed by atoms with Crippen molar-refractivity contribution in [3.05, 3.63) is 29.8 Å². The third-order valence-corrected chi connectivity index (χ3v) is 5.46. The largest absolute Gasteiger partial charge is 0.383 e. The monoisotopic (exact) mass is 299 g/mol. The molecule has 4 nitrogen and oxygen atoms in total. The molecule has 20 heavy (non-hydrogen) atoms. The number of ether oxygens (including phenoxy) is 1. The second-order valence-electron chi connectivity index (χ2n) is 4.89. The van der Waals surface area contributed by atoms with E-state index in [1.54, 1.807) is 23.5 Å². The van der Waals surface area contributed by atoms with Crippen LogP contribution < -0.4 is 0 Å². The van der Waals surface area contributed by atoms with Crippen LogP contribution in [-0.4, -0.2) is 39.0 Å². The molecule has 0 bridgehead atoms. The molecule has 5 heteroatoms. The third kappa shape index (κ3) is 4.04. The van der Waals surface area contributed by atoms with Gasteiger partial charge in [-0.1, -0.05) is 31.5 Å². The zero-order valence-corrected chi connectivity index (χ0v) is 13.6. The lowest BCUT2D eigenvalue weighted by atomic mass is 10.2. The second-order valence-corrected chi connectivity index (χ2v) is 6.78. The highest BCUT2D eigenvalue weighted by molar-refractivity contribution is 7.89. The SMILES string of the molecule is CCC(CC)N(CCOC)S(=O)(=O)c1ccc(C)cc1. The minimum absolute atomic E-state index is 0.0106. The summed E-state index contributed by atoms with van der Waals surface area (Å²) >= 11 is 0. The number of aryl methyl sites for hydroxylation is 1. The molecule has 0 saturated heterocycles. The molecule has 0 unspecified atom stereocenters. The number of nitrogens with zero attached hydrogens (tertiary/aromatic N) is 1. The van der Waals surface area contributed by atoms with Crippen LogP contribution in [0, 0.1) is 6.92 Å². The first-order valence-electron chi connectivity index (χ1n) is 7.04. The first kappa shape index (κ1) is 17.1. The first-order chi connectivity index (χ1) is 9.47. The minimum atomic E-state index is -3.46. The highest BCUT2D eigenvalue weighted by Crippen LogP contribution is 2.21. The van der Waals surface area contributed by atoms with Crippen LogP contribution in [0.4, 0.5) is 0 Å². The van der Waals surface area contributed by atoms with E-state index in [0.29, 0.717) is 18.0 Å². The van der Waals surface area contributed by atoms with Crippen molar-refractivity contribution in [2.45, 2.75) is 44.6 Å². The van der Waals surface area contributed by atoms with Crippen LogP contribution in [0.3, 0.4) is 0 Å². The number of sulfonamides is 1. The van der Waals surface area contributed by atoms with E-state index in [9.17, 15) is 8.42 Å². The van der Waals surface area contributed by atoms with Gasteiger partial charge >= 0.3 is 0 Å². The molecule has 114 valence electrons. The summed E-state index contributed by atoms with van der Waals surface area (Å²) in [6, 6.07) is 7.01. The molecule has 0 aliphatic carbocycles. The van der Waals surface area contributed by atoms with Gasteiger partial charge in [0.1, 0.15) is 0 Å². The van der Waals surface area contributed by atoms with E-state index in [-0.39, 0.29) is 6.04 Å². The van der Waals surface area contributed by atoms with Crippen molar-refractivity contribution in [2.24, 2.45) is 0 Å². The van der Waals surface area contributed by atoms with Crippen LogP contribution in [0.15, 0.2) is 29.2 Å². The Morgan fingerprint density at radius 1 is 1.15 bits per heavy atom. The van der Waals surface area contributed by atoms with Crippen molar-refractivity contribution in [1.82, 2.24) is 4.31 Å². The molecule has 0 fully saturated rings. The van der Waals surface area contributed by atoms with E-state index in [4.69, 9.17) is 4.74 Å². The average Bonchev–Trinajstić information content (AvgIpc) is 2.43. The summed E-state index contributed by atoms with van der Waals surface area (Å²) < 4.78 is 32.2. The van der Waals surface area contributed by atoms with Gasteiger partial charge in [0.25, 0.3) is 0 Å². The molecule has 1 aromatic rings. The Morgan fingerprint density at radius 3 is 2.15 bits per heavy atom. The highest BCUT2D eigenvalue weighted by atomic mass is 32.2. The molecular formula is C15H25NO3S. The highest BCUT2D eigenvalue weighted by Gasteiger charge is 2.29. The Bertz CT molecular complexity index is 492. The maximum absolute atomic E-state index is 12.8. The fourth-order valence-corrected chi connectivity index (χ4v) is 3.98. The van der Waals surface area contributed by atoms with Crippen molar-refractivity contribution in [2.75, 3.05) is 20.3 Å². The standard InChI is InChI=1S/C15H25NO3S/c1-5-14(6-2)16(11-12-19-4)20(17,18)15-9-7-13(3)8-10-15/h7-10,14H,5-6,11-12H2,1-4H3. The normalized spacial score (nSPS) is 12.3. The van der Waals surface area contributed by atoms with Crippen LogP contribution in [0.5, 0.6) is 0 Å². The molecular weight excluding hydrogens is 274 g/mol. The fraction of sp³-hybridized carbons (Fsp3) is 0.600. The van der Waals surface area contributed by atoms with Crippen molar-refractivity contribution < 1.29 is 13.2 Å².